The quantitative estimate of drug-likeness (QED) is 0.389. The van der Waals surface area contributed by atoms with Crippen LogP contribution in [0.1, 0.15) is 90.9 Å². The zero-order valence-corrected chi connectivity index (χ0v) is 16.9. The van der Waals surface area contributed by atoms with Gasteiger partial charge in [-0.1, -0.05) is 58.8 Å². The van der Waals surface area contributed by atoms with Crippen molar-refractivity contribution in [3.63, 3.8) is 0 Å². The number of unbranched alkanes of at least 4 members (excludes halogenated alkanes) is 3. The van der Waals surface area contributed by atoms with Crippen LogP contribution in [-0.4, -0.2) is 37.8 Å². The summed E-state index contributed by atoms with van der Waals surface area (Å²) in [4.78, 5) is 0. The average molecular weight is 375 g/mol. The Hall–Kier alpha value is -0.220. The molecule has 0 aromatic heterocycles. The third-order valence-electron chi connectivity index (χ3n) is 6.31. The van der Waals surface area contributed by atoms with Crippen LogP contribution >= 0.6 is 0 Å². The summed E-state index contributed by atoms with van der Waals surface area (Å²) in [6.45, 7) is 5.50. The van der Waals surface area contributed by atoms with Crippen LogP contribution in [0, 0.1) is 11.8 Å². The van der Waals surface area contributed by atoms with Crippen molar-refractivity contribution in [2.75, 3.05) is 13.2 Å². The van der Waals surface area contributed by atoms with Crippen LogP contribution in [0.5, 0.6) is 0 Å². The van der Waals surface area contributed by atoms with E-state index in [1.165, 1.54) is 44.9 Å². The Labute approximate surface area is 159 Å². The largest absolute Gasteiger partial charge is 0.375 e. The SMILES string of the molecule is CCCCCOC1CCC(OCC2CCC(CCCC)CC2)C(F)C1F. The van der Waals surface area contributed by atoms with Crippen molar-refractivity contribution in [3.8, 4) is 0 Å². The summed E-state index contributed by atoms with van der Waals surface area (Å²) in [5, 5.41) is 0. The molecule has 2 fully saturated rings. The molecule has 26 heavy (non-hydrogen) atoms. The maximum absolute atomic E-state index is 14.4. The van der Waals surface area contributed by atoms with Gasteiger partial charge in [0.25, 0.3) is 0 Å². The van der Waals surface area contributed by atoms with E-state index >= 15 is 0 Å². The van der Waals surface area contributed by atoms with Crippen molar-refractivity contribution in [1.82, 2.24) is 0 Å². The van der Waals surface area contributed by atoms with Gasteiger partial charge < -0.3 is 9.47 Å². The predicted octanol–water partition coefficient (Wildman–Crippen LogP) is 6.41. The summed E-state index contributed by atoms with van der Waals surface area (Å²) in [6, 6.07) is 0. The second-order valence-electron chi connectivity index (χ2n) is 8.48. The predicted molar refractivity (Wildman–Crippen MR) is 103 cm³/mol. The van der Waals surface area contributed by atoms with Crippen LogP contribution in [0.2, 0.25) is 0 Å². The molecule has 0 aromatic carbocycles. The van der Waals surface area contributed by atoms with Crippen LogP contribution in [0.4, 0.5) is 8.78 Å². The lowest BCUT2D eigenvalue weighted by molar-refractivity contribution is -0.124. The second kappa shape index (κ2) is 12.3. The first kappa shape index (κ1) is 22.1. The molecule has 0 amide bonds. The molecular weight excluding hydrogens is 334 g/mol. The van der Waals surface area contributed by atoms with Crippen molar-refractivity contribution >= 4 is 0 Å². The first-order valence-electron chi connectivity index (χ1n) is 11.2. The minimum atomic E-state index is -1.54. The highest BCUT2D eigenvalue weighted by atomic mass is 19.2. The zero-order chi connectivity index (χ0) is 18.8. The van der Waals surface area contributed by atoms with Gasteiger partial charge >= 0.3 is 0 Å². The zero-order valence-electron chi connectivity index (χ0n) is 16.9. The van der Waals surface area contributed by atoms with Gasteiger partial charge in [0, 0.05) is 13.2 Å². The van der Waals surface area contributed by atoms with Gasteiger partial charge in [-0.2, -0.15) is 0 Å². The molecule has 0 radical (unpaired) electrons. The summed E-state index contributed by atoms with van der Waals surface area (Å²) in [6.07, 6.45) is 8.87. The smallest absolute Gasteiger partial charge is 0.160 e. The van der Waals surface area contributed by atoms with Gasteiger partial charge in [-0.15, -0.1) is 0 Å². The lowest BCUT2D eigenvalue weighted by Gasteiger charge is -2.36. The molecule has 0 spiro atoms. The fraction of sp³-hybridized carbons (Fsp3) is 1.00. The van der Waals surface area contributed by atoms with Gasteiger partial charge in [-0.3, -0.25) is 0 Å². The monoisotopic (exact) mass is 374 g/mol. The highest BCUT2D eigenvalue weighted by Gasteiger charge is 2.41. The summed E-state index contributed by atoms with van der Waals surface area (Å²) < 4.78 is 40.2. The molecule has 0 aliphatic heterocycles. The Morgan fingerprint density at radius 3 is 1.88 bits per heavy atom. The van der Waals surface area contributed by atoms with Crippen molar-refractivity contribution in [2.24, 2.45) is 11.8 Å². The standard InChI is InChI=1S/C22H40F2O2/c1-3-5-7-15-25-19-13-14-20(22(24)21(19)23)26-16-18-11-9-17(10-12-18)8-6-4-2/h17-22H,3-16H2,1-2H3. The Kier molecular flexibility index (Phi) is 10.4. The maximum atomic E-state index is 14.4. The summed E-state index contributed by atoms with van der Waals surface area (Å²) >= 11 is 0. The lowest BCUT2D eigenvalue weighted by Crippen LogP contribution is -2.47. The molecule has 0 bridgehead atoms. The molecule has 2 aliphatic carbocycles. The van der Waals surface area contributed by atoms with E-state index in [4.69, 9.17) is 9.47 Å². The van der Waals surface area contributed by atoms with E-state index in [0.29, 0.717) is 32.0 Å². The average Bonchev–Trinajstić information content (AvgIpc) is 2.67. The molecule has 154 valence electrons. The Morgan fingerprint density at radius 1 is 0.692 bits per heavy atom. The normalized spacial score (nSPS) is 35.5. The third-order valence-corrected chi connectivity index (χ3v) is 6.31. The number of halogens is 2. The summed E-state index contributed by atoms with van der Waals surface area (Å²) in [7, 11) is 0. The minimum Gasteiger partial charge on any atom is -0.375 e. The molecule has 2 aliphatic rings. The first-order chi connectivity index (χ1) is 12.7. The second-order valence-corrected chi connectivity index (χ2v) is 8.48. The molecule has 2 rings (SSSR count). The van der Waals surface area contributed by atoms with Crippen LogP contribution < -0.4 is 0 Å². The van der Waals surface area contributed by atoms with E-state index in [2.05, 4.69) is 13.8 Å². The van der Waals surface area contributed by atoms with E-state index < -0.39 is 24.6 Å². The van der Waals surface area contributed by atoms with Gasteiger partial charge in [0.15, 0.2) is 12.3 Å². The van der Waals surface area contributed by atoms with E-state index in [-0.39, 0.29) is 0 Å². The molecule has 0 saturated heterocycles. The molecular formula is C22H40F2O2. The van der Waals surface area contributed by atoms with Crippen LogP contribution in [0.15, 0.2) is 0 Å². The number of rotatable bonds is 11. The Balaban J connectivity index is 1.63. The number of hydrogen-bond acceptors (Lipinski definition) is 2. The number of ether oxygens (including phenoxy) is 2. The summed E-state index contributed by atoms with van der Waals surface area (Å²) in [5.41, 5.74) is 0. The molecule has 4 atom stereocenters. The van der Waals surface area contributed by atoms with Crippen molar-refractivity contribution in [2.45, 2.75) is 115 Å². The van der Waals surface area contributed by atoms with E-state index in [0.717, 1.165) is 25.2 Å². The fourth-order valence-electron chi connectivity index (χ4n) is 4.43. The first-order valence-corrected chi connectivity index (χ1v) is 11.2. The van der Waals surface area contributed by atoms with Crippen molar-refractivity contribution in [1.29, 1.82) is 0 Å². The molecule has 2 saturated carbocycles. The topological polar surface area (TPSA) is 18.5 Å². The minimum absolute atomic E-state index is 0.529. The van der Waals surface area contributed by atoms with Crippen molar-refractivity contribution < 1.29 is 18.3 Å². The van der Waals surface area contributed by atoms with Gasteiger partial charge in [-0.05, 0) is 43.9 Å². The van der Waals surface area contributed by atoms with Crippen LogP contribution in [-0.2, 0) is 9.47 Å². The lowest BCUT2D eigenvalue weighted by atomic mass is 9.80. The van der Waals surface area contributed by atoms with Gasteiger partial charge in [-0.25, -0.2) is 8.78 Å². The number of hydrogen-bond donors (Lipinski definition) is 0. The Morgan fingerprint density at radius 2 is 1.27 bits per heavy atom. The molecule has 4 heteroatoms. The number of alkyl halides is 2. The Bertz CT molecular complexity index is 358. The van der Waals surface area contributed by atoms with Crippen molar-refractivity contribution in [3.05, 3.63) is 0 Å². The van der Waals surface area contributed by atoms with E-state index in [9.17, 15) is 8.78 Å². The molecule has 0 aromatic rings. The molecule has 2 nitrogen and oxygen atoms in total. The van der Waals surface area contributed by atoms with Gasteiger partial charge in [0.05, 0.1) is 12.2 Å². The molecule has 0 N–H and O–H groups in total. The summed E-state index contributed by atoms with van der Waals surface area (Å²) in [5.74, 6) is 1.40. The van der Waals surface area contributed by atoms with Crippen LogP contribution in [0.25, 0.3) is 0 Å². The van der Waals surface area contributed by atoms with Gasteiger partial charge in [0.2, 0.25) is 0 Å². The van der Waals surface area contributed by atoms with E-state index in [1.54, 1.807) is 0 Å². The third kappa shape index (κ3) is 7.07. The van der Waals surface area contributed by atoms with E-state index in [1.807, 2.05) is 0 Å². The molecule has 0 heterocycles. The van der Waals surface area contributed by atoms with Gasteiger partial charge in [0.1, 0.15) is 0 Å². The molecule has 4 unspecified atom stereocenters. The van der Waals surface area contributed by atoms with Crippen LogP contribution in [0.3, 0.4) is 0 Å². The highest BCUT2D eigenvalue weighted by molar-refractivity contribution is 4.90. The highest BCUT2D eigenvalue weighted by Crippen LogP contribution is 2.34. The maximum Gasteiger partial charge on any atom is 0.160 e. The fourth-order valence-corrected chi connectivity index (χ4v) is 4.43.